The Morgan fingerprint density at radius 1 is 1.29 bits per heavy atom. The molecule has 1 fully saturated rings. The fourth-order valence-corrected chi connectivity index (χ4v) is 5.80. The highest BCUT2D eigenvalue weighted by molar-refractivity contribution is 6.40. The summed E-state index contributed by atoms with van der Waals surface area (Å²) in [6.45, 7) is 1.31. The van der Waals surface area contributed by atoms with Crippen molar-refractivity contribution in [1.82, 2.24) is 30.6 Å². The van der Waals surface area contributed by atoms with E-state index in [0.717, 1.165) is 16.5 Å². The molecule has 3 heterocycles. The van der Waals surface area contributed by atoms with Crippen LogP contribution in [0.2, 0.25) is 10.0 Å². The number of aromatic amines is 1. The maximum Gasteiger partial charge on any atom is 0.254 e. The molecule has 3 aromatic rings. The second kappa shape index (κ2) is 12.1. The number of likely N-dealkylation sites (tertiary alicyclic amines) is 1. The molecule has 0 aliphatic carbocycles. The SMILES string of the molecule is N#CNC(=NC[C@@H](C=O)NC(=O)c1c(Cl)cc2c(c1Cl)CCN(C(=O)c1ccc3cn[nH]c3c1)C2)N1CC[C@@H](O)C1. The number of halogens is 2. The fourth-order valence-electron chi connectivity index (χ4n) is 5.04. The van der Waals surface area contributed by atoms with E-state index in [0.29, 0.717) is 49.9 Å². The highest BCUT2D eigenvalue weighted by Crippen LogP contribution is 2.35. The number of β-amino-alcohol motifs (C(OH)–C–C–N with tert-alkyl or cyclic N) is 1. The molecule has 41 heavy (non-hydrogen) atoms. The number of fused-ring (bicyclic) bond motifs is 2. The van der Waals surface area contributed by atoms with Crippen molar-refractivity contribution in [3.8, 4) is 6.19 Å². The summed E-state index contributed by atoms with van der Waals surface area (Å²) < 4.78 is 0. The van der Waals surface area contributed by atoms with Crippen LogP contribution in [-0.2, 0) is 17.8 Å². The third-order valence-corrected chi connectivity index (χ3v) is 7.87. The topological polar surface area (TPSA) is 167 Å². The number of hydrogen-bond acceptors (Lipinski definition) is 7. The number of nitrogens with zero attached hydrogens (tertiary/aromatic N) is 5. The van der Waals surface area contributed by atoms with Crippen LogP contribution in [0.4, 0.5) is 0 Å². The zero-order valence-electron chi connectivity index (χ0n) is 21.7. The van der Waals surface area contributed by atoms with Crippen molar-refractivity contribution in [3.05, 3.63) is 62.8 Å². The minimum Gasteiger partial charge on any atom is -0.391 e. The Labute approximate surface area is 244 Å². The number of amides is 2. The lowest BCUT2D eigenvalue weighted by molar-refractivity contribution is -0.109. The molecule has 2 amide bonds. The number of nitrogens with one attached hydrogen (secondary N) is 3. The predicted octanol–water partition coefficient (Wildman–Crippen LogP) is 1.86. The van der Waals surface area contributed by atoms with Crippen molar-refractivity contribution < 1.29 is 19.5 Å². The van der Waals surface area contributed by atoms with E-state index in [-0.39, 0.29) is 40.6 Å². The summed E-state index contributed by atoms with van der Waals surface area (Å²) in [5.41, 5.74) is 2.76. The van der Waals surface area contributed by atoms with E-state index >= 15 is 0 Å². The van der Waals surface area contributed by atoms with Crippen LogP contribution in [0.1, 0.15) is 38.3 Å². The second-order valence-corrected chi connectivity index (χ2v) is 10.6. The molecule has 0 bridgehead atoms. The van der Waals surface area contributed by atoms with Gasteiger partial charge in [-0.05, 0) is 42.2 Å². The molecule has 0 unspecified atom stereocenters. The molecule has 14 heteroatoms. The highest BCUT2D eigenvalue weighted by Gasteiger charge is 2.29. The molecular formula is C27H26Cl2N8O4. The summed E-state index contributed by atoms with van der Waals surface area (Å²) in [4.78, 5) is 45.8. The first-order valence-corrected chi connectivity index (χ1v) is 13.7. The van der Waals surface area contributed by atoms with Gasteiger partial charge >= 0.3 is 0 Å². The van der Waals surface area contributed by atoms with Crippen molar-refractivity contribution in [2.45, 2.75) is 31.5 Å². The van der Waals surface area contributed by atoms with Crippen LogP contribution in [0.25, 0.3) is 10.9 Å². The van der Waals surface area contributed by atoms with Crippen molar-refractivity contribution in [1.29, 1.82) is 5.26 Å². The Morgan fingerprint density at radius 3 is 2.85 bits per heavy atom. The fraction of sp³-hybridized carbons (Fsp3) is 0.333. The van der Waals surface area contributed by atoms with Gasteiger partial charge in [0.2, 0.25) is 5.96 Å². The Morgan fingerprint density at radius 2 is 2.12 bits per heavy atom. The molecule has 4 N–H and O–H groups in total. The summed E-state index contributed by atoms with van der Waals surface area (Å²) in [5.74, 6) is -0.587. The van der Waals surface area contributed by atoms with Crippen LogP contribution in [0.5, 0.6) is 0 Å². The van der Waals surface area contributed by atoms with Gasteiger partial charge in [0.25, 0.3) is 11.8 Å². The van der Waals surface area contributed by atoms with Crippen LogP contribution in [0, 0.1) is 11.5 Å². The molecule has 2 aromatic carbocycles. The number of rotatable bonds is 6. The molecule has 2 atom stereocenters. The number of carbonyl (C=O) groups excluding carboxylic acids is 3. The zero-order chi connectivity index (χ0) is 29.1. The third-order valence-electron chi connectivity index (χ3n) is 7.16. The maximum absolute atomic E-state index is 13.2. The number of benzene rings is 2. The van der Waals surface area contributed by atoms with Gasteiger partial charge in [-0.15, -0.1) is 0 Å². The number of aliphatic imine (C=N–C) groups is 1. The van der Waals surface area contributed by atoms with Crippen LogP contribution >= 0.6 is 23.2 Å². The van der Waals surface area contributed by atoms with Crippen LogP contribution in [-0.4, -0.2) is 87.5 Å². The number of guanidine groups is 1. The van der Waals surface area contributed by atoms with E-state index in [2.05, 4.69) is 25.8 Å². The van der Waals surface area contributed by atoms with Crippen LogP contribution < -0.4 is 10.6 Å². The number of aldehydes is 1. The number of aliphatic hydroxyl groups excluding tert-OH is 1. The molecule has 0 spiro atoms. The van der Waals surface area contributed by atoms with Gasteiger partial charge in [-0.25, -0.2) is 4.99 Å². The molecular weight excluding hydrogens is 571 g/mol. The first kappa shape index (κ1) is 28.4. The minimum absolute atomic E-state index is 0.0328. The standard InChI is InChI=1S/C27H26Cl2N8O4/c28-21-7-17-11-36(26(41)15-1-2-16-9-33-35-22(16)8-15)6-4-20(17)24(29)23(21)25(40)34-18(13-38)10-31-27(32-14-30)37-5-3-19(39)12-37/h1-2,7-9,13,18-19,39H,3-6,10-12H2,(H,31,32)(H,33,35)(H,34,40)/t18-,19+/m0/s1. The Kier molecular flexibility index (Phi) is 8.39. The first-order valence-electron chi connectivity index (χ1n) is 12.9. The van der Waals surface area contributed by atoms with Crippen LogP contribution in [0.15, 0.2) is 35.5 Å². The van der Waals surface area contributed by atoms with Crippen molar-refractivity contribution in [3.63, 3.8) is 0 Å². The molecule has 1 aromatic heterocycles. The summed E-state index contributed by atoms with van der Waals surface area (Å²) in [7, 11) is 0. The monoisotopic (exact) mass is 596 g/mol. The van der Waals surface area contributed by atoms with Gasteiger partial charge in [-0.3, -0.25) is 20.0 Å². The van der Waals surface area contributed by atoms with Crippen molar-refractivity contribution in [2.75, 3.05) is 26.2 Å². The molecule has 2 aliphatic heterocycles. The number of hydrogen-bond donors (Lipinski definition) is 4. The number of aliphatic hydroxyl groups is 1. The van der Waals surface area contributed by atoms with E-state index in [4.69, 9.17) is 28.5 Å². The Balaban J connectivity index is 1.29. The molecule has 1 saturated heterocycles. The van der Waals surface area contributed by atoms with Crippen molar-refractivity contribution in [2.24, 2.45) is 4.99 Å². The summed E-state index contributed by atoms with van der Waals surface area (Å²) in [6, 6.07) is 5.95. The average Bonchev–Trinajstić information content (AvgIpc) is 3.62. The maximum atomic E-state index is 13.2. The van der Waals surface area contributed by atoms with Gasteiger partial charge in [0.1, 0.15) is 12.3 Å². The third kappa shape index (κ3) is 5.97. The van der Waals surface area contributed by atoms with Crippen LogP contribution in [0.3, 0.4) is 0 Å². The summed E-state index contributed by atoms with van der Waals surface area (Å²) in [6.07, 6.45) is 4.42. The number of aromatic nitrogens is 2. The Hall–Kier alpha value is -4.18. The summed E-state index contributed by atoms with van der Waals surface area (Å²) in [5, 5.41) is 31.9. The van der Waals surface area contributed by atoms with E-state index in [1.807, 2.05) is 6.07 Å². The highest BCUT2D eigenvalue weighted by atomic mass is 35.5. The Bertz CT molecular complexity index is 1580. The van der Waals surface area contributed by atoms with E-state index in [1.54, 1.807) is 40.4 Å². The summed E-state index contributed by atoms with van der Waals surface area (Å²) >= 11 is 13.2. The molecule has 12 nitrogen and oxygen atoms in total. The van der Waals surface area contributed by atoms with Gasteiger partial charge in [0, 0.05) is 37.1 Å². The van der Waals surface area contributed by atoms with Crippen molar-refractivity contribution >= 4 is 58.2 Å². The first-order chi connectivity index (χ1) is 19.8. The van der Waals surface area contributed by atoms with Gasteiger partial charge < -0.3 is 25.0 Å². The lowest BCUT2D eigenvalue weighted by Crippen LogP contribution is -2.42. The second-order valence-electron chi connectivity index (χ2n) is 9.84. The number of H-pyrrole nitrogens is 1. The normalized spacial score (nSPS) is 17.6. The number of nitriles is 1. The average molecular weight is 597 g/mol. The molecule has 212 valence electrons. The van der Waals surface area contributed by atoms with Gasteiger partial charge in [-0.1, -0.05) is 29.3 Å². The van der Waals surface area contributed by atoms with E-state index in [9.17, 15) is 19.5 Å². The molecule has 2 aliphatic rings. The quantitative estimate of drug-likeness (QED) is 0.110. The van der Waals surface area contributed by atoms with Gasteiger partial charge in [-0.2, -0.15) is 10.4 Å². The van der Waals surface area contributed by atoms with E-state index in [1.165, 1.54) is 0 Å². The largest absolute Gasteiger partial charge is 0.391 e. The predicted molar refractivity (Wildman–Crippen MR) is 152 cm³/mol. The molecule has 5 rings (SSSR count). The smallest absolute Gasteiger partial charge is 0.254 e. The lowest BCUT2D eigenvalue weighted by Gasteiger charge is -2.30. The van der Waals surface area contributed by atoms with Gasteiger partial charge in [0.15, 0.2) is 6.19 Å². The van der Waals surface area contributed by atoms with Gasteiger partial charge in [0.05, 0.1) is 40.0 Å². The number of carbonyl (C=O) groups is 3. The molecule has 0 saturated carbocycles. The lowest BCUT2D eigenvalue weighted by atomic mass is 9.96. The van der Waals surface area contributed by atoms with E-state index < -0.39 is 18.1 Å². The minimum atomic E-state index is -1.02. The molecule has 0 radical (unpaired) electrons. The zero-order valence-corrected chi connectivity index (χ0v) is 23.2.